The van der Waals surface area contributed by atoms with Crippen molar-refractivity contribution in [2.75, 3.05) is 11.9 Å². The van der Waals surface area contributed by atoms with Crippen LogP contribution in [0, 0.1) is 5.82 Å². The second-order valence-electron chi connectivity index (χ2n) is 4.73. The Balaban J connectivity index is 1.71. The lowest BCUT2D eigenvalue weighted by molar-refractivity contribution is 0.319. The maximum Gasteiger partial charge on any atom is 0.191 e. The summed E-state index contributed by atoms with van der Waals surface area (Å²) in [6.45, 7) is 0.512. The number of nitrogens with one attached hydrogen (secondary N) is 2. The highest BCUT2D eigenvalue weighted by Crippen LogP contribution is 2.25. The molecule has 0 fully saturated rings. The lowest BCUT2D eigenvalue weighted by Crippen LogP contribution is -2.27. The maximum absolute atomic E-state index is 13.4. The Morgan fingerprint density at radius 1 is 1.18 bits per heavy atom. The molecule has 2 aromatic rings. The predicted molar refractivity (Wildman–Crippen MR) is 88.8 cm³/mol. The molecular weight excluding hydrogens is 301 g/mol. The van der Waals surface area contributed by atoms with E-state index in [9.17, 15) is 4.39 Å². The lowest BCUT2D eigenvalue weighted by Gasteiger charge is -2.19. The molecule has 3 rings (SSSR count). The number of fused-ring (bicyclic) bond motifs is 1. The minimum absolute atomic E-state index is 0.318. The van der Waals surface area contributed by atoms with Crippen molar-refractivity contribution < 1.29 is 9.13 Å². The number of benzene rings is 2. The van der Waals surface area contributed by atoms with Gasteiger partial charge >= 0.3 is 0 Å². The van der Waals surface area contributed by atoms with E-state index in [1.54, 1.807) is 6.07 Å². The Morgan fingerprint density at radius 2 is 2.00 bits per heavy atom. The number of ether oxygens (including phenoxy) is 1. The summed E-state index contributed by atoms with van der Waals surface area (Å²) >= 11 is 5.19. The number of hydrazone groups is 1. The van der Waals surface area contributed by atoms with Crippen molar-refractivity contribution in [2.24, 2.45) is 5.10 Å². The van der Waals surface area contributed by atoms with Crippen LogP contribution in [0.5, 0.6) is 5.75 Å². The lowest BCUT2D eigenvalue weighted by atomic mass is 10.0. The summed E-state index contributed by atoms with van der Waals surface area (Å²) in [7, 11) is 0. The normalized spacial score (nSPS) is 14.9. The average molecular weight is 315 g/mol. The second-order valence-corrected chi connectivity index (χ2v) is 5.14. The molecule has 6 heteroatoms. The van der Waals surface area contributed by atoms with Gasteiger partial charge in [-0.15, -0.1) is 0 Å². The molecule has 4 nitrogen and oxygen atoms in total. The van der Waals surface area contributed by atoms with Gasteiger partial charge in [0.1, 0.15) is 11.6 Å². The van der Waals surface area contributed by atoms with Crippen LogP contribution >= 0.6 is 12.2 Å². The van der Waals surface area contributed by atoms with Crippen LogP contribution in [0.4, 0.5) is 10.1 Å². The summed E-state index contributed by atoms with van der Waals surface area (Å²) in [5.41, 5.74) is 5.04. The summed E-state index contributed by atoms with van der Waals surface area (Å²) in [6.07, 6.45) is 0.595. The largest absolute Gasteiger partial charge is 0.492 e. The Hall–Kier alpha value is -2.47. The van der Waals surface area contributed by atoms with E-state index in [0.29, 0.717) is 29.5 Å². The third-order valence-corrected chi connectivity index (χ3v) is 3.37. The van der Waals surface area contributed by atoms with Crippen molar-refractivity contribution in [1.29, 1.82) is 0 Å². The first-order valence-corrected chi connectivity index (χ1v) is 7.24. The summed E-state index contributed by atoms with van der Waals surface area (Å²) in [5.74, 6) is 0.317. The van der Waals surface area contributed by atoms with Crippen molar-refractivity contribution in [1.82, 2.24) is 5.43 Å². The number of anilines is 1. The van der Waals surface area contributed by atoms with Crippen LogP contribution in [0.15, 0.2) is 53.6 Å². The zero-order chi connectivity index (χ0) is 15.4. The van der Waals surface area contributed by atoms with E-state index in [4.69, 9.17) is 17.0 Å². The molecule has 2 N–H and O–H groups in total. The van der Waals surface area contributed by atoms with Crippen LogP contribution in [-0.2, 0) is 0 Å². The van der Waals surface area contributed by atoms with E-state index in [1.165, 1.54) is 12.1 Å². The molecule has 0 amide bonds. The Labute approximate surface area is 133 Å². The number of halogens is 1. The zero-order valence-electron chi connectivity index (χ0n) is 11.7. The van der Waals surface area contributed by atoms with E-state index in [1.807, 2.05) is 30.3 Å². The number of hydrogen-bond acceptors (Lipinski definition) is 3. The Morgan fingerprint density at radius 3 is 2.82 bits per heavy atom. The molecule has 0 saturated heterocycles. The van der Waals surface area contributed by atoms with E-state index < -0.39 is 0 Å². The highest BCUT2D eigenvalue weighted by atomic mass is 32.1. The van der Waals surface area contributed by atoms with Crippen molar-refractivity contribution in [3.63, 3.8) is 0 Å². The summed E-state index contributed by atoms with van der Waals surface area (Å²) in [6, 6.07) is 14.0. The molecular formula is C16H14FN3OS. The standard InChI is InChI=1S/C16H14FN3OS/c17-11-6-7-15-13(10-11)14(8-9-21-15)19-20-16(22)18-12-4-2-1-3-5-12/h1-7,10H,8-9H2,(H2,18,20,22)/b19-14-. The van der Waals surface area contributed by atoms with Crippen molar-refractivity contribution in [3.05, 3.63) is 59.9 Å². The number of thiocarbonyl (C=S) groups is 1. The van der Waals surface area contributed by atoms with Crippen LogP contribution in [0.1, 0.15) is 12.0 Å². The topological polar surface area (TPSA) is 45.7 Å². The van der Waals surface area contributed by atoms with Gasteiger partial charge in [-0.3, -0.25) is 5.43 Å². The van der Waals surface area contributed by atoms with Crippen LogP contribution in [0.3, 0.4) is 0 Å². The number of hydrogen-bond donors (Lipinski definition) is 2. The molecule has 0 atom stereocenters. The smallest absolute Gasteiger partial charge is 0.191 e. The SMILES string of the molecule is Fc1ccc2c(c1)/C(=N\NC(=S)Nc1ccccc1)CCO2. The molecule has 22 heavy (non-hydrogen) atoms. The highest BCUT2D eigenvalue weighted by molar-refractivity contribution is 7.80. The second kappa shape index (κ2) is 6.53. The minimum Gasteiger partial charge on any atom is -0.492 e. The predicted octanol–water partition coefficient (Wildman–Crippen LogP) is 3.30. The first kappa shape index (κ1) is 14.5. The van der Waals surface area contributed by atoms with Gasteiger partial charge in [-0.2, -0.15) is 5.10 Å². The van der Waals surface area contributed by atoms with E-state index in [0.717, 1.165) is 11.4 Å². The van der Waals surface area contributed by atoms with Crippen LogP contribution < -0.4 is 15.5 Å². The summed E-state index contributed by atoms with van der Waals surface area (Å²) in [5, 5.41) is 7.68. The van der Waals surface area contributed by atoms with Gasteiger partial charge in [0.25, 0.3) is 0 Å². The molecule has 2 aromatic carbocycles. The van der Waals surface area contributed by atoms with Crippen molar-refractivity contribution in [2.45, 2.75) is 6.42 Å². The highest BCUT2D eigenvalue weighted by Gasteiger charge is 2.17. The fourth-order valence-electron chi connectivity index (χ4n) is 2.16. The van der Waals surface area contributed by atoms with Gasteiger partial charge in [-0.25, -0.2) is 4.39 Å². The van der Waals surface area contributed by atoms with Gasteiger partial charge in [0, 0.05) is 17.7 Å². The first-order valence-electron chi connectivity index (χ1n) is 6.84. The van der Waals surface area contributed by atoms with E-state index >= 15 is 0 Å². The van der Waals surface area contributed by atoms with Gasteiger partial charge in [0.2, 0.25) is 0 Å². The molecule has 0 saturated carbocycles. The summed E-state index contributed by atoms with van der Waals surface area (Å²) in [4.78, 5) is 0. The van der Waals surface area contributed by atoms with Crippen LogP contribution in [0.25, 0.3) is 0 Å². The number of para-hydroxylation sites is 1. The number of nitrogens with zero attached hydrogens (tertiary/aromatic N) is 1. The molecule has 0 radical (unpaired) electrons. The van der Waals surface area contributed by atoms with E-state index in [2.05, 4.69) is 15.8 Å². The molecule has 0 aliphatic carbocycles. The fourth-order valence-corrected chi connectivity index (χ4v) is 2.32. The zero-order valence-corrected chi connectivity index (χ0v) is 12.5. The molecule has 0 aromatic heterocycles. The molecule has 1 aliphatic heterocycles. The van der Waals surface area contributed by atoms with Gasteiger partial charge in [0.15, 0.2) is 5.11 Å². The summed E-state index contributed by atoms with van der Waals surface area (Å²) < 4.78 is 18.9. The molecule has 1 aliphatic rings. The average Bonchev–Trinajstić information content (AvgIpc) is 2.54. The van der Waals surface area contributed by atoms with Gasteiger partial charge in [0.05, 0.1) is 12.3 Å². The molecule has 0 unspecified atom stereocenters. The Bertz CT molecular complexity index is 719. The molecule has 1 heterocycles. The monoisotopic (exact) mass is 315 g/mol. The minimum atomic E-state index is -0.318. The third-order valence-electron chi connectivity index (χ3n) is 3.17. The van der Waals surface area contributed by atoms with Crippen molar-refractivity contribution >= 4 is 28.7 Å². The Kier molecular flexibility index (Phi) is 4.29. The van der Waals surface area contributed by atoms with Crippen molar-refractivity contribution in [3.8, 4) is 5.75 Å². The van der Waals surface area contributed by atoms with Crippen LogP contribution in [-0.4, -0.2) is 17.4 Å². The quantitative estimate of drug-likeness (QED) is 0.659. The molecule has 0 bridgehead atoms. The molecule has 112 valence electrons. The maximum atomic E-state index is 13.4. The first-order chi connectivity index (χ1) is 10.7. The fraction of sp³-hybridized carbons (Fsp3) is 0.125. The van der Waals surface area contributed by atoms with E-state index in [-0.39, 0.29) is 5.82 Å². The van der Waals surface area contributed by atoms with Crippen LogP contribution in [0.2, 0.25) is 0 Å². The number of rotatable bonds is 2. The van der Waals surface area contributed by atoms with Gasteiger partial charge in [-0.05, 0) is 42.5 Å². The van der Waals surface area contributed by atoms with Gasteiger partial charge < -0.3 is 10.1 Å². The molecule has 0 spiro atoms. The van der Waals surface area contributed by atoms with Gasteiger partial charge in [-0.1, -0.05) is 18.2 Å². The third kappa shape index (κ3) is 3.40.